The summed E-state index contributed by atoms with van der Waals surface area (Å²) in [5.74, 6) is -0.409. The molecule has 0 unspecified atom stereocenters. The van der Waals surface area contributed by atoms with Crippen molar-refractivity contribution in [3.05, 3.63) is 29.8 Å². The molecule has 2 fully saturated rings. The Morgan fingerprint density at radius 2 is 2.17 bits per heavy atom. The molecule has 1 aliphatic heterocycles. The zero-order chi connectivity index (χ0) is 16.4. The zero-order valence-electron chi connectivity index (χ0n) is 12.5. The third-order valence-electron chi connectivity index (χ3n) is 4.11. The predicted molar refractivity (Wildman–Crippen MR) is 77.8 cm³/mol. The standard InChI is InChI=1S/C16H18F2N2O3/c17-16(18)23-13-3-1-2-10(6-13)8-19-15(22)11-7-14(21)20(9-11)12-4-5-12/h1-3,6,11-12,16H,4-5,7-9H2,(H,19,22)/t11-/m1/s1. The molecule has 0 aromatic heterocycles. The number of carbonyl (C=O) groups is 2. The van der Waals surface area contributed by atoms with Gasteiger partial charge in [-0.3, -0.25) is 9.59 Å². The summed E-state index contributed by atoms with van der Waals surface area (Å²) in [6.07, 6.45) is 2.30. The van der Waals surface area contributed by atoms with Gasteiger partial charge in [0, 0.05) is 25.6 Å². The smallest absolute Gasteiger partial charge is 0.387 e. The molecule has 3 rings (SSSR count). The number of carbonyl (C=O) groups excluding carboxylic acids is 2. The fraction of sp³-hybridized carbons (Fsp3) is 0.500. The molecule has 1 N–H and O–H groups in total. The minimum absolute atomic E-state index is 0.0416. The lowest BCUT2D eigenvalue weighted by atomic mass is 10.1. The summed E-state index contributed by atoms with van der Waals surface area (Å²) < 4.78 is 28.7. The van der Waals surface area contributed by atoms with E-state index in [0.717, 1.165) is 12.8 Å². The Kier molecular flexibility index (Phi) is 4.45. The Balaban J connectivity index is 1.52. The first kappa shape index (κ1) is 15.7. The number of amides is 2. The van der Waals surface area contributed by atoms with Crippen molar-refractivity contribution in [1.82, 2.24) is 10.2 Å². The van der Waals surface area contributed by atoms with E-state index in [2.05, 4.69) is 10.1 Å². The molecule has 0 radical (unpaired) electrons. The molecule has 1 atom stereocenters. The summed E-state index contributed by atoms with van der Waals surface area (Å²) in [5, 5.41) is 2.76. The fourth-order valence-corrected chi connectivity index (χ4v) is 2.81. The van der Waals surface area contributed by atoms with Gasteiger partial charge in [0.1, 0.15) is 5.75 Å². The van der Waals surface area contributed by atoms with Crippen LogP contribution in [0.15, 0.2) is 24.3 Å². The van der Waals surface area contributed by atoms with Crippen LogP contribution in [-0.4, -0.2) is 35.9 Å². The second-order valence-electron chi connectivity index (χ2n) is 5.92. The van der Waals surface area contributed by atoms with Crippen molar-refractivity contribution in [2.75, 3.05) is 6.54 Å². The van der Waals surface area contributed by atoms with Crippen LogP contribution in [0.3, 0.4) is 0 Å². The third kappa shape index (κ3) is 3.97. The van der Waals surface area contributed by atoms with Crippen LogP contribution in [0.1, 0.15) is 24.8 Å². The summed E-state index contributed by atoms with van der Waals surface area (Å²) in [6, 6.07) is 6.52. The highest BCUT2D eigenvalue weighted by atomic mass is 19.3. The molecule has 0 spiro atoms. The van der Waals surface area contributed by atoms with Gasteiger partial charge in [0.15, 0.2) is 0 Å². The van der Waals surface area contributed by atoms with Crippen molar-refractivity contribution < 1.29 is 23.1 Å². The van der Waals surface area contributed by atoms with Crippen LogP contribution >= 0.6 is 0 Å². The number of likely N-dealkylation sites (tertiary alicyclic amines) is 1. The van der Waals surface area contributed by atoms with Crippen LogP contribution in [0, 0.1) is 5.92 Å². The normalized spacial score (nSPS) is 20.9. The molecule has 5 nitrogen and oxygen atoms in total. The summed E-state index contributed by atoms with van der Waals surface area (Å²) in [7, 11) is 0. The maximum absolute atomic E-state index is 12.2. The molecule has 2 aliphatic rings. The number of benzene rings is 1. The largest absolute Gasteiger partial charge is 0.435 e. The van der Waals surface area contributed by atoms with E-state index in [9.17, 15) is 18.4 Å². The number of hydrogen-bond donors (Lipinski definition) is 1. The lowest BCUT2D eigenvalue weighted by molar-refractivity contribution is -0.129. The van der Waals surface area contributed by atoms with Crippen molar-refractivity contribution in [1.29, 1.82) is 0 Å². The van der Waals surface area contributed by atoms with E-state index in [-0.39, 0.29) is 36.4 Å². The number of nitrogens with one attached hydrogen (secondary N) is 1. The minimum Gasteiger partial charge on any atom is -0.435 e. The van der Waals surface area contributed by atoms with Gasteiger partial charge in [0.2, 0.25) is 11.8 Å². The van der Waals surface area contributed by atoms with Crippen LogP contribution in [0.2, 0.25) is 0 Å². The molecule has 0 bridgehead atoms. The van der Waals surface area contributed by atoms with Gasteiger partial charge in [-0.25, -0.2) is 0 Å². The fourth-order valence-electron chi connectivity index (χ4n) is 2.81. The second kappa shape index (κ2) is 6.52. The van der Waals surface area contributed by atoms with Gasteiger partial charge < -0.3 is 15.0 Å². The predicted octanol–water partition coefficient (Wildman–Crippen LogP) is 1.92. The number of rotatable bonds is 6. The van der Waals surface area contributed by atoms with Crippen molar-refractivity contribution in [2.45, 2.75) is 38.5 Å². The van der Waals surface area contributed by atoms with Crippen molar-refractivity contribution in [2.24, 2.45) is 5.92 Å². The molecule has 1 aromatic rings. The van der Waals surface area contributed by atoms with E-state index in [1.807, 2.05) is 0 Å². The van der Waals surface area contributed by atoms with E-state index >= 15 is 0 Å². The van der Waals surface area contributed by atoms with Gasteiger partial charge >= 0.3 is 6.61 Å². The molecule has 1 saturated carbocycles. The van der Waals surface area contributed by atoms with Crippen LogP contribution in [-0.2, 0) is 16.1 Å². The highest BCUT2D eigenvalue weighted by Crippen LogP contribution is 2.32. The summed E-state index contributed by atoms with van der Waals surface area (Å²) in [5.41, 5.74) is 0.667. The zero-order valence-corrected chi connectivity index (χ0v) is 12.5. The number of halogens is 2. The maximum atomic E-state index is 12.2. The SMILES string of the molecule is O=C(NCc1cccc(OC(F)F)c1)[C@@H]1CC(=O)N(C2CC2)C1. The first-order chi connectivity index (χ1) is 11.0. The summed E-state index contributed by atoms with van der Waals surface area (Å²) in [6.45, 7) is -2.19. The lowest BCUT2D eigenvalue weighted by Gasteiger charge is -2.15. The molecule has 1 saturated heterocycles. The first-order valence-electron chi connectivity index (χ1n) is 7.64. The Hall–Kier alpha value is -2.18. The molecule has 2 amide bonds. The van der Waals surface area contributed by atoms with Gasteiger partial charge in [-0.1, -0.05) is 12.1 Å². The van der Waals surface area contributed by atoms with E-state index in [1.165, 1.54) is 12.1 Å². The average Bonchev–Trinajstić information content (AvgIpc) is 3.27. The van der Waals surface area contributed by atoms with Crippen LogP contribution in [0.25, 0.3) is 0 Å². The molecule has 23 heavy (non-hydrogen) atoms. The lowest BCUT2D eigenvalue weighted by Crippen LogP contribution is -2.33. The molecular formula is C16H18F2N2O3. The van der Waals surface area contributed by atoms with Crippen molar-refractivity contribution in [3.63, 3.8) is 0 Å². The van der Waals surface area contributed by atoms with Gasteiger partial charge in [-0.15, -0.1) is 0 Å². The Morgan fingerprint density at radius 1 is 1.39 bits per heavy atom. The highest BCUT2D eigenvalue weighted by Gasteiger charge is 2.41. The number of hydrogen-bond acceptors (Lipinski definition) is 3. The topological polar surface area (TPSA) is 58.6 Å². The van der Waals surface area contributed by atoms with Crippen molar-refractivity contribution in [3.8, 4) is 5.75 Å². The molecule has 7 heteroatoms. The molecular weight excluding hydrogens is 306 g/mol. The number of ether oxygens (including phenoxy) is 1. The number of nitrogens with zero attached hydrogens (tertiary/aromatic N) is 1. The molecule has 1 heterocycles. The van der Waals surface area contributed by atoms with Crippen molar-refractivity contribution >= 4 is 11.8 Å². The molecule has 124 valence electrons. The monoisotopic (exact) mass is 324 g/mol. The Morgan fingerprint density at radius 3 is 2.87 bits per heavy atom. The van der Waals surface area contributed by atoms with E-state index in [1.54, 1.807) is 17.0 Å². The van der Waals surface area contributed by atoms with E-state index in [0.29, 0.717) is 18.2 Å². The first-order valence-corrected chi connectivity index (χ1v) is 7.64. The summed E-state index contributed by atoms with van der Waals surface area (Å²) in [4.78, 5) is 25.8. The third-order valence-corrected chi connectivity index (χ3v) is 4.11. The molecule has 1 aliphatic carbocycles. The molecule has 1 aromatic carbocycles. The Bertz CT molecular complexity index is 605. The van der Waals surface area contributed by atoms with E-state index < -0.39 is 6.61 Å². The van der Waals surface area contributed by atoms with Crippen LogP contribution in [0.4, 0.5) is 8.78 Å². The van der Waals surface area contributed by atoms with Gasteiger partial charge in [0.05, 0.1) is 5.92 Å². The van der Waals surface area contributed by atoms with E-state index in [4.69, 9.17) is 0 Å². The van der Waals surface area contributed by atoms with Crippen LogP contribution in [0.5, 0.6) is 5.75 Å². The average molecular weight is 324 g/mol. The summed E-state index contributed by atoms with van der Waals surface area (Å²) >= 11 is 0. The Labute approximate surface area is 132 Å². The maximum Gasteiger partial charge on any atom is 0.387 e. The number of alkyl halides is 2. The second-order valence-corrected chi connectivity index (χ2v) is 5.92. The quantitative estimate of drug-likeness (QED) is 0.870. The van der Waals surface area contributed by atoms with Gasteiger partial charge in [-0.2, -0.15) is 8.78 Å². The van der Waals surface area contributed by atoms with Gasteiger partial charge in [-0.05, 0) is 30.5 Å². The van der Waals surface area contributed by atoms with Gasteiger partial charge in [0.25, 0.3) is 0 Å². The highest BCUT2D eigenvalue weighted by molar-refractivity contribution is 5.89. The minimum atomic E-state index is -2.88. The van der Waals surface area contributed by atoms with Crippen LogP contribution < -0.4 is 10.1 Å².